The van der Waals surface area contributed by atoms with Crippen molar-refractivity contribution in [2.45, 2.75) is 39.5 Å². The Morgan fingerprint density at radius 2 is 1.92 bits per heavy atom. The summed E-state index contributed by atoms with van der Waals surface area (Å²) in [5.41, 5.74) is 5.06. The molecule has 0 saturated heterocycles. The fourth-order valence-corrected chi connectivity index (χ4v) is 2.77. The van der Waals surface area contributed by atoms with Gasteiger partial charge in [0.1, 0.15) is 5.75 Å². The topological polar surface area (TPSA) is 50.7 Å². The average molecular weight is 417 g/mol. The molecule has 0 unspecified atom stereocenters. The van der Waals surface area contributed by atoms with E-state index in [2.05, 4.69) is 33.4 Å². The van der Waals surface area contributed by atoms with Crippen molar-refractivity contribution >= 4 is 28.1 Å². The molecule has 4 nitrogen and oxygen atoms in total. The first kappa shape index (κ1) is 20.2. The van der Waals surface area contributed by atoms with Gasteiger partial charge in [-0.05, 0) is 43.7 Å². The predicted octanol–water partition coefficient (Wildman–Crippen LogP) is 5.48. The van der Waals surface area contributed by atoms with Gasteiger partial charge in [0.25, 0.3) is 5.91 Å². The lowest BCUT2D eigenvalue weighted by atomic mass is 10.1. The average Bonchev–Trinajstić information content (AvgIpc) is 2.63. The molecule has 0 aliphatic carbocycles. The number of hydrogen-bond donors (Lipinski definition) is 1. The summed E-state index contributed by atoms with van der Waals surface area (Å²) in [6.45, 7) is 4.85. The Morgan fingerprint density at radius 3 is 2.65 bits per heavy atom. The van der Waals surface area contributed by atoms with Gasteiger partial charge >= 0.3 is 0 Å². The van der Waals surface area contributed by atoms with Crippen LogP contribution in [0.3, 0.4) is 0 Å². The first-order valence-corrected chi connectivity index (χ1v) is 9.72. The van der Waals surface area contributed by atoms with Crippen molar-refractivity contribution in [1.29, 1.82) is 0 Å². The molecule has 0 aliphatic rings. The van der Waals surface area contributed by atoms with Crippen LogP contribution in [0.25, 0.3) is 0 Å². The molecule has 0 fully saturated rings. The largest absolute Gasteiger partial charge is 0.493 e. The van der Waals surface area contributed by atoms with Gasteiger partial charge < -0.3 is 4.74 Å². The van der Waals surface area contributed by atoms with Gasteiger partial charge in [-0.3, -0.25) is 4.79 Å². The first-order chi connectivity index (χ1) is 12.6. The van der Waals surface area contributed by atoms with Crippen LogP contribution in [0.5, 0.6) is 5.75 Å². The maximum atomic E-state index is 12.1. The minimum atomic E-state index is -0.238. The number of hydrogen-bond acceptors (Lipinski definition) is 3. The second-order valence-electron chi connectivity index (χ2n) is 6.16. The van der Waals surface area contributed by atoms with Crippen LogP contribution in [0.1, 0.15) is 54.1 Å². The number of halogens is 1. The third-order valence-electron chi connectivity index (χ3n) is 3.91. The maximum Gasteiger partial charge on any atom is 0.271 e. The van der Waals surface area contributed by atoms with Gasteiger partial charge in [-0.15, -0.1) is 0 Å². The SMILES string of the molecule is CCCCCCOc1ccc(Br)cc1/C=N/NC(=O)c1ccc(C)cc1. The number of ether oxygens (including phenoxy) is 1. The molecule has 0 spiro atoms. The predicted molar refractivity (Wildman–Crippen MR) is 110 cm³/mol. The highest BCUT2D eigenvalue weighted by atomic mass is 79.9. The summed E-state index contributed by atoms with van der Waals surface area (Å²) in [5.74, 6) is 0.524. The molecular weight excluding hydrogens is 392 g/mol. The van der Waals surface area contributed by atoms with E-state index in [9.17, 15) is 4.79 Å². The molecule has 2 aromatic rings. The number of carbonyl (C=O) groups is 1. The van der Waals surface area contributed by atoms with Gasteiger partial charge in [0.05, 0.1) is 12.8 Å². The summed E-state index contributed by atoms with van der Waals surface area (Å²) in [6.07, 6.45) is 6.24. The minimum Gasteiger partial charge on any atom is -0.493 e. The van der Waals surface area contributed by atoms with Crippen molar-refractivity contribution < 1.29 is 9.53 Å². The van der Waals surface area contributed by atoms with E-state index < -0.39 is 0 Å². The summed E-state index contributed by atoms with van der Waals surface area (Å²) in [7, 11) is 0. The number of nitrogens with one attached hydrogen (secondary N) is 1. The number of hydrazone groups is 1. The number of benzene rings is 2. The molecule has 138 valence electrons. The molecule has 0 heterocycles. The number of carbonyl (C=O) groups excluding carboxylic acids is 1. The standard InChI is InChI=1S/C21H25BrN2O2/c1-3-4-5-6-13-26-20-12-11-19(22)14-18(20)15-23-24-21(25)17-9-7-16(2)8-10-17/h7-12,14-15H,3-6,13H2,1-2H3,(H,24,25)/b23-15+. The summed E-state index contributed by atoms with van der Waals surface area (Å²) >= 11 is 3.46. The molecule has 0 aromatic heterocycles. The monoisotopic (exact) mass is 416 g/mol. The first-order valence-electron chi connectivity index (χ1n) is 8.92. The molecule has 1 N–H and O–H groups in total. The third-order valence-corrected chi connectivity index (χ3v) is 4.40. The Balaban J connectivity index is 1.96. The van der Waals surface area contributed by atoms with Crippen LogP contribution in [0.15, 0.2) is 52.0 Å². The van der Waals surface area contributed by atoms with Crippen LogP contribution in [-0.4, -0.2) is 18.7 Å². The molecule has 0 bridgehead atoms. The van der Waals surface area contributed by atoms with Crippen LogP contribution < -0.4 is 10.2 Å². The Hall–Kier alpha value is -2.14. The van der Waals surface area contributed by atoms with Crippen LogP contribution >= 0.6 is 15.9 Å². The summed E-state index contributed by atoms with van der Waals surface area (Å²) in [4.78, 5) is 12.1. The Morgan fingerprint density at radius 1 is 1.15 bits per heavy atom. The van der Waals surface area contributed by atoms with E-state index in [0.717, 1.165) is 27.8 Å². The van der Waals surface area contributed by atoms with Crippen molar-refractivity contribution in [1.82, 2.24) is 5.43 Å². The quantitative estimate of drug-likeness (QED) is 0.334. The van der Waals surface area contributed by atoms with E-state index in [1.54, 1.807) is 18.3 Å². The fraction of sp³-hybridized carbons (Fsp3) is 0.333. The van der Waals surface area contributed by atoms with Crippen molar-refractivity contribution in [3.8, 4) is 5.75 Å². The van der Waals surface area contributed by atoms with Gasteiger partial charge in [-0.25, -0.2) is 5.43 Å². The number of aryl methyl sites for hydroxylation is 1. The second-order valence-corrected chi connectivity index (χ2v) is 7.07. The van der Waals surface area contributed by atoms with Crippen molar-refractivity contribution in [3.63, 3.8) is 0 Å². The zero-order valence-electron chi connectivity index (χ0n) is 15.3. The number of amides is 1. The minimum absolute atomic E-state index is 0.238. The molecule has 0 saturated carbocycles. The van der Waals surface area contributed by atoms with E-state index in [-0.39, 0.29) is 5.91 Å². The van der Waals surface area contributed by atoms with Gasteiger partial charge in [-0.2, -0.15) is 5.10 Å². The molecule has 5 heteroatoms. The summed E-state index contributed by atoms with van der Waals surface area (Å²) < 4.78 is 6.80. The van der Waals surface area contributed by atoms with E-state index in [1.807, 2.05) is 37.3 Å². The van der Waals surface area contributed by atoms with Crippen molar-refractivity contribution in [2.24, 2.45) is 5.10 Å². The van der Waals surface area contributed by atoms with Gasteiger partial charge in [0.2, 0.25) is 0 Å². The third kappa shape index (κ3) is 6.64. The molecule has 2 aromatic carbocycles. The van der Waals surface area contributed by atoms with Crippen molar-refractivity contribution in [2.75, 3.05) is 6.61 Å². The highest BCUT2D eigenvalue weighted by Crippen LogP contribution is 2.22. The highest BCUT2D eigenvalue weighted by Gasteiger charge is 2.05. The molecule has 26 heavy (non-hydrogen) atoms. The van der Waals surface area contributed by atoms with E-state index >= 15 is 0 Å². The Bertz CT molecular complexity index is 742. The molecule has 2 rings (SSSR count). The number of unbranched alkanes of at least 4 members (excludes halogenated alkanes) is 3. The van der Waals surface area contributed by atoms with Crippen LogP contribution in [0.4, 0.5) is 0 Å². The van der Waals surface area contributed by atoms with Gasteiger partial charge in [0, 0.05) is 15.6 Å². The fourth-order valence-electron chi connectivity index (χ4n) is 2.39. The molecule has 1 amide bonds. The Kier molecular flexibility index (Phi) is 8.35. The number of rotatable bonds is 9. The lowest BCUT2D eigenvalue weighted by Crippen LogP contribution is -2.17. The molecule has 0 radical (unpaired) electrons. The normalized spacial score (nSPS) is 10.9. The van der Waals surface area contributed by atoms with Crippen LogP contribution in [0, 0.1) is 6.92 Å². The maximum absolute atomic E-state index is 12.1. The zero-order valence-corrected chi connectivity index (χ0v) is 16.9. The zero-order chi connectivity index (χ0) is 18.8. The second kappa shape index (κ2) is 10.8. The lowest BCUT2D eigenvalue weighted by molar-refractivity contribution is 0.0955. The van der Waals surface area contributed by atoms with Crippen LogP contribution in [-0.2, 0) is 0 Å². The summed E-state index contributed by atoms with van der Waals surface area (Å²) in [5, 5.41) is 4.07. The van der Waals surface area contributed by atoms with E-state index in [0.29, 0.717) is 12.2 Å². The molecule has 0 aliphatic heterocycles. The molecular formula is C21H25BrN2O2. The van der Waals surface area contributed by atoms with Crippen molar-refractivity contribution in [3.05, 3.63) is 63.6 Å². The highest BCUT2D eigenvalue weighted by molar-refractivity contribution is 9.10. The smallest absolute Gasteiger partial charge is 0.271 e. The lowest BCUT2D eigenvalue weighted by Gasteiger charge is -2.09. The van der Waals surface area contributed by atoms with E-state index in [1.165, 1.54) is 19.3 Å². The summed E-state index contributed by atoms with van der Waals surface area (Å²) in [6, 6.07) is 13.1. The van der Waals surface area contributed by atoms with Crippen LogP contribution in [0.2, 0.25) is 0 Å². The van der Waals surface area contributed by atoms with Gasteiger partial charge in [0.15, 0.2) is 0 Å². The van der Waals surface area contributed by atoms with Gasteiger partial charge in [-0.1, -0.05) is 59.8 Å². The molecule has 0 atom stereocenters. The van der Waals surface area contributed by atoms with E-state index in [4.69, 9.17) is 4.74 Å². The number of nitrogens with zero attached hydrogens (tertiary/aromatic N) is 1. The Labute approximate surface area is 163 Å².